The molecule has 0 aromatic rings. The van der Waals surface area contributed by atoms with Crippen LogP contribution < -0.4 is 0 Å². The molecule has 43 unspecified atom stereocenters. The second kappa shape index (κ2) is 44.4. The van der Waals surface area contributed by atoms with Gasteiger partial charge in [0.2, 0.25) is 0 Å². The first-order valence-electron chi connectivity index (χ1n) is 55.5. The molecular formula is C120H198O20. The van der Waals surface area contributed by atoms with Gasteiger partial charge < -0.3 is 56.8 Å². The summed E-state index contributed by atoms with van der Waals surface area (Å²) in [5, 5.41) is 0. The molecule has 20 heteroatoms. The van der Waals surface area contributed by atoms with E-state index in [0.717, 1.165) is 187 Å². The summed E-state index contributed by atoms with van der Waals surface area (Å²) in [7, 11) is 0. The van der Waals surface area contributed by atoms with Crippen LogP contribution in [0.5, 0.6) is 0 Å². The van der Waals surface area contributed by atoms with E-state index < -0.39 is 10.8 Å². The van der Waals surface area contributed by atoms with Crippen LogP contribution in [0.2, 0.25) is 0 Å². The standard InChI is InChI=1S/C31H46O5.C28H42O5.C27H40O5.C26H38O5.8CH4/c1-4-30(2,3)29(33)36-25-11-21-10-24(25)27-22-8-20(26(21)27)9-23(22)28(32)35-16-34-15-31-12-17-5-18(13-31)7-19(6-17)14-31;1-4-28(2,3)27(30)33-23-12-18-11-22(23)25-20-9-17(24(18)25)10-21(20)26(29)32-14-31-13-19-8-15-5-6-16(19)7-15;1-3-14(2)26(28)32-23-11-18-10-22(23)25-20-8-17(24(18)25)9-21(20)27(29)31-13-30-12-19-7-15-4-5-16(19)6-15;1-3-13(2)25(27)31-22-11-17-10-20(22)24-18-8-16(23(17)24)9-19(18)26(28)30-12-29-21-7-14-4-5-15(21)6-14;;;;;;;;/h17-27H,4-16H2,1-3H3;15-25H,4-14H2,1-3H3;14-25H,3-13H2,1-2H3;13-24H,3-12H2,1-2H3;8*1H4. The number of hydrogen-bond acceptors (Lipinski definition) is 20. The molecule has 0 saturated heterocycles. The van der Waals surface area contributed by atoms with Gasteiger partial charge in [0.1, 0.15) is 24.4 Å². The van der Waals surface area contributed by atoms with Crippen molar-refractivity contribution in [1.29, 1.82) is 0 Å². The number of carbonyl (C=O) groups excluding carboxylic acids is 8. The molecule has 26 saturated carbocycles. The lowest BCUT2D eigenvalue weighted by molar-refractivity contribution is -0.175. The van der Waals surface area contributed by atoms with Crippen molar-refractivity contribution in [3.05, 3.63) is 0 Å². The normalized spacial score (nSPS) is 45.7. The minimum Gasteiger partial charge on any atom is -0.462 e. The van der Waals surface area contributed by atoms with Crippen LogP contribution in [-0.2, 0) is 95.2 Å². The summed E-state index contributed by atoms with van der Waals surface area (Å²) in [6.07, 6.45) is 45.7. The fourth-order valence-corrected chi connectivity index (χ4v) is 39.1. The Labute approximate surface area is 847 Å². The van der Waals surface area contributed by atoms with Crippen molar-refractivity contribution < 1.29 is 95.2 Å². The van der Waals surface area contributed by atoms with Gasteiger partial charge in [0.05, 0.1) is 72.3 Å². The molecule has 26 aliphatic carbocycles. The molecule has 0 amide bonds. The van der Waals surface area contributed by atoms with Crippen molar-refractivity contribution in [3.63, 3.8) is 0 Å². The number of hydrogen-bond donors (Lipinski definition) is 0. The Morgan fingerprint density at radius 2 is 0.579 bits per heavy atom. The molecule has 0 aromatic heterocycles. The predicted molar refractivity (Wildman–Crippen MR) is 543 cm³/mol. The van der Waals surface area contributed by atoms with Gasteiger partial charge in [-0.1, -0.05) is 114 Å². The maximum atomic E-state index is 13.2. The highest BCUT2D eigenvalue weighted by molar-refractivity contribution is 5.78. The van der Waals surface area contributed by atoms with E-state index in [-0.39, 0.29) is 194 Å². The van der Waals surface area contributed by atoms with E-state index in [9.17, 15) is 38.4 Å². The van der Waals surface area contributed by atoms with E-state index in [2.05, 4.69) is 6.92 Å². The van der Waals surface area contributed by atoms with Crippen molar-refractivity contribution in [1.82, 2.24) is 0 Å². The number of esters is 8. The zero-order chi connectivity index (χ0) is 91.0. The van der Waals surface area contributed by atoms with Gasteiger partial charge in [-0.3, -0.25) is 38.4 Å². The van der Waals surface area contributed by atoms with Crippen molar-refractivity contribution in [3.8, 4) is 0 Å². The van der Waals surface area contributed by atoms with Gasteiger partial charge in [0.15, 0.2) is 27.2 Å². The first-order chi connectivity index (χ1) is 63.7. The van der Waals surface area contributed by atoms with Crippen LogP contribution in [-0.4, -0.2) is 125 Å². The monoisotopic (exact) mass is 1960 g/mol. The molecular weight excluding hydrogens is 1760 g/mol. The predicted octanol–water partition coefficient (Wildman–Crippen LogP) is 25.7. The molecule has 0 spiro atoms. The fourth-order valence-electron chi connectivity index (χ4n) is 39.1. The highest BCUT2D eigenvalue weighted by atomic mass is 16.7. The van der Waals surface area contributed by atoms with Crippen molar-refractivity contribution in [2.24, 2.45) is 259 Å². The Morgan fingerprint density at radius 3 is 0.871 bits per heavy atom. The van der Waals surface area contributed by atoms with Gasteiger partial charge in [-0.25, -0.2) is 0 Å². The Morgan fingerprint density at radius 1 is 0.286 bits per heavy atom. The summed E-state index contributed by atoms with van der Waals surface area (Å²) < 4.78 is 70.6. The Kier molecular flexibility index (Phi) is 35.3. The minimum atomic E-state index is -0.418. The lowest BCUT2D eigenvalue weighted by Gasteiger charge is -2.56. The van der Waals surface area contributed by atoms with Gasteiger partial charge >= 0.3 is 47.8 Å². The van der Waals surface area contributed by atoms with E-state index >= 15 is 0 Å². The lowest BCUT2D eigenvalue weighted by atomic mass is 9.50. The Hall–Kier alpha value is -4.40. The average Bonchev–Trinajstić information content (AvgIpc) is 1.55. The van der Waals surface area contributed by atoms with E-state index in [0.29, 0.717) is 148 Å². The quantitative estimate of drug-likeness (QED) is 0.0206. The zero-order valence-electron chi connectivity index (χ0n) is 82.0. The van der Waals surface area contributed by atoms with E-state index in [1.165, 1.54) is 148 Å². The second-order valence-corrected chi connectivity index (χ2v) is 52.2. The molecule has 43 atom stereocenters. The van der Waals surface area contributed by atoms with Gasteiger partial charge in [-0.2, -0.15) is 0 Å². The molecule has 140 heavy (non-hydrogen) atoms. The highest BCUT2D eigenvalue weighted by Gasteiger charge is 2.72. The van der Waals surface area contributed by atoms with Crippen molar-refractivity contribution >= 4 is 47.8 Å². The maximum Gasteiger partial charge on any atom is 0.311 e. The summed E-state index contributed by atoms with van der Waals surface area (Å²) in [6, 6.07) is 0. The molecule has 26 rings (SSSR count). The zero-order valence-corrected chi connectivity index (χ0v) is 82.0. The highest BCUT2D eigenvalue weighted by Crippen LogP contribution is 2.75. The molecule has 798 valence electrons. The number of fused-ring (bicyclic) bond motifs is 42. The lowest BCUT2D eigenvalue weighted by Crippen LogP contribution is -2.48. The van der Waals surface area contributed by atoms with Crippen LogP contribution in [0.1, 0.15) is 373 Å². The third-order valence-electron chi connectivity index (χ3n) is 45.2. The average molecular weight is 1960 g/mol. The van der Waals surface area contributed by atoms with Gasteiger partial charge in [0, 0.05) is 0 Å². The largest absolute Gasteiger partial charge is 0.462 e. The molecule has 0 aliphatic heterocycles. The molecule has 0 radical (unpaired) electrons. The van der Waals surface area contributed by atoms with Crippen LogP contribution in [0.3, 0.4) is 0 Å². The van der Waals surface area contributed by atoms with Gasteiger partial charge in [0.25, 0.3) is 0 Å². The molecule has 0 heterocycles. The number of carbonyl (C=O) groups is 8. The number of rotatable bonds is 31. The van der Waals surface area contributed by atoms with E-state index in [1.54, 1.807) is 0 Å². The Balaban J connectivity index is 0.000000146. The molecule has 26 fully saturated rings. The van der Waals surface area contributed by atoms with Crippen LogP contribution in [0, 0.1) is 259 Å². The minimum absolute atomic E-state index is 0. The second-order valence-electron chi connectivity index (χ2n) is 52.2. The van der Waals surface area contributed by atoms with Gasteiger partial charge in [-0.05, 0) is 471 Å². The third-order valence-corrected chi connectivity index (χ3v) is 45.2. The fraction of sp³-hybridized carbons (Fsp3) is 0.933. The third kappa shape index (κ3) is 20.4. The molecule has 0 N–H and O–H groups in total. The van der Waals surface area contributed by atoms with Crippen LogP contribution in [0.25, 0.3) is 0 Å². The molecule has 26 bridgehead atoms. The summed E-state index contributed by atoms with van der Waals surface area (Å²) in [4.78, 5) is 102. The number of ether oxygens (including phenoxy) is 12. The summed E-state index contributed by atoms with van der Waals surface area (Å²) in [5.74, 6) is 22.9. The first kappa shape index (κ1) is 111. The molecule has 0 aromatic carbocycles. The summed E-state index contributed by atoms with van der Waals surface area (Å²) in [5.41, 5.74) is -0.471. The smallest absolute Gasteiger partial charge is 0.311 e. The van der Waals surface area contributed by atoms with Crippen molar-refractivity contribution in [2.45, 2.75) is 403 Å². The van der Waals surface area contributed by atoms with E-state index in [4.69, 9.17) is 56.8 Å². The van der Waals surface area contributed by atoms with Gasteiger partial charge in [-0.15, -0.1) is 0 Å². The van der Waals surface area contributed by atoms with Crippen molar-refractivity contribution in [2.75, 3.05) is 47.0 Å². The van der Waals surface area contributed by atoms with E-state index in [1.807, 2.05) is 62.3 Å². The topological polar surface area (TPSA) is 247 Å². The Bertz CT molecular complexity index is 4190. The molecule has 26 aliphatic rings. The SMILES string of the molecule is C.C.C.C.C.C.C.C.CCC(C)(C)C(=O)OC1CC2CC1C1C3CC(CC3C(=O)OCOCC34CC5CC(CC(C5)C3)C4)C21.CCC(C)(C)C(=O)OC1CC2CC1C1C3CC(CC3C(=O)OCOCC3CC4CCC3C4)C21.CCC(C)C(=O)OC1CC2CC1C1C3CC(CC3C(=O)OCOC3CC4CCC3C4)C21.CCC(C)C(=O)OC1CC2CC1C1C3CC(CC3C(=O)OCOCC3CC4CCC3C4)C21. The maximum absolute atomic E-state index is 13.2. The van der Waals surface area contributed by atoms with Crippen LogP contribution in [0.4, 0.5) is 0 Å². The summed E-state index contributed by atoms with van der Waals surface area (Å²) >= 11 is 0. The molecule has 20 nitrogen and oxygen atoms in total. The van der Waals surface area contributed by atoms with Crippen LogP contribution in [0.15, 0.2) is 0 Å². The van der Waals surface area contributed by atoms with Crippen LogP contribution >= 0.6 is 0 Å². The first-order valence-corrected chi connectivity index (χ1v) is 55.5. The summed E-state index contributed by atoms with van der Waals surface area (Å²) in [6.45, 7) is 22.8.